The molecular formula is C20H25N3O2. The topological polar surface area (TPSA) is 54.3 Å². The van der Waals surface area contributed by atoms with E-state index in [9.17, 15) is 9.59 Å². The number of hydrogen-bond acceptors (Lipinski definition) is 3. The molecule has 1 aromatic carbocycles. The number of fused-ring (bicyclic) bond motifs is 1. The molecular weight excluding hydrogens is 314 g/mol. The highest BCUT2D eigenvalue weighted by atomic mass is 16.1. The number of likely N-dealkylation sites (N-methyl/N-ethyl adjacent to an activating group) is 1. The standard InChI is InChI=1S/C20H25N3O2/c1-15-6-5-9-20(25)23(15)11-10-19(24)21-13-18-12-16-7-3-4-8-17(16)14-22(18)2/h3-9,18H,10-14H2,1-2H3,(H,21,24)/t18-/m1/s1. The normalized spacial score (nSPS) is 17.1. The average Bonchev–Trinajstić information content (AvgIpc) is 2.59. The molecule has 0 bridgehead atoms. The van der Waals surface area contributed by atoms with Gasteiger partial charge in [-0.2, -0.15) is 0 Å². The predicted octanol–water partition coefficient (Wildman–Crippen LogP) is 1.72. The van der Waals surface area contributed by atoms with E-state index in [1.165, 1.54) is 17.2 Å². The third-order valence-electron chi connectivity index (χ3n) is 4.98. The minimum Gasteiger partial charge on any atom is -0.354 e. The van der Waals surface area contributed by atoms with Crippen molar-refractivity contribution in [3.63, 3.8) is 0 Å². The second kappa shape index (κ2) is 7.66. The summed E-state index contributed by atoms with van der Waals surface area (Å²) < 4.78 is 1.64. The molecule has 1 N–H and O–H groups in total. The number of nitrogens with one attached hydrogen (secondary N) is 1. The maximum Gasteiger partial charge on any atom is 0.250 e. The van der Waals surface area contributed by atoms with Crippen LogP contribution in [0.2, 0.25) is 0 Å². The molecule has 1 aliphatic heterocycles. The molecule has 5 nitrogen and oxygen atoms in total. The molecule has 0 saturated heterocycles. The van der Waals surface area contributed by atoms with Crippen LogP contribution in [-0.2, 0) is 24.3 Å². The Hall–Kier alpha value is -2.40. The summed E-state index contributed by atoms with van der Waals surface area (Å²) in [7, 11) is 2.10. The van der Waals surface area contributed by atoms with Crippen LogP contribution in [0.3, 0.4) is 0 Å². The van der Waals surface area contributed by atoms with Crippen molar-refractivity contribution < 1.29 is 4.79 Å². The van der Waals surface area contributed by atoms with Gasteiger partial charge in [0.25, 0.3) is 5.56 Å². The average molecular weight is 339 g/mol. The Bertz CT molecular complexity index is 813. The lowest BCUT2D eigenvalue weighted by Crippen LogP contribution is -2.45. The van der Waals surface area contributed by atoms with Crippen molar-refractivity contribution in [2.45, 2.75) is 38.9 Å². The van der Waals surface area contributed by atoms with Crippen LogP contribution in [0.15, 0.2) is 47.3 Å². The zero-order valence-corrected chi connectivity index (χ0v) is 14.9. The third kappa shape index (κ3) is 4.17. The Kier molecular flexibility index (Phi) is 5.34. The molecule has 1 atom stereocenters. The Balaban J connectivity index is 1.52. The van der Waals surface area contributed by atoms with Crippen molar-refractivity contribution in [2.75, 3.05) is 13.6 Å². The first-order valence-corrected chi connectivity index (χ1v) is 8.75. The Labute approximate surface area is 148 Å². The van der Waals surface area contributed by atoms with Gasteiger partial charge in [-0.1, -0.05) is 30.3 Å². The number of amides is 1. The molecule has 0 radical (unpaired) electrons. The maximum absolute atomic E-state index is 12.2. The van der Waals surface area contributed by atoms with Crippen molar-refractivity contribution in [1.82, 2.24) is 14.8 Å². The minimum atomic E-state index is -0.0589. The minimum absolute atomic E-state index is 0.0117. The van der Waals surface area contributed by atoms with Crippen LogP contribution in [0, 0.1) is 6.92 Å². The number of hydrogen-bond donors (Lipinski definition) is 1. The molecule has 0 fully saturated rings. The molecule has 1 aliphatic rings. The lowest BCUT2D eigenvalue weighted by Gasteiger charge is -2.34. The van der Waals surface area contributed by atoms with Crippen LogP contribution >= 0.6 is 0 Å². The summed E-state index contributed by atoms with van der Waals surface area (Å²) in [6.07, 6.45) is 1.27. The molecule has 3 rings (SSSR count). The van der Waals surface area contributed by atoms with Crippen molar-refractivity contribution >= 4 is 5.91 Å². The summed E-state index contributed by atoms with van der Waals surface area (Å²) in [5.41, 5.74) is 3.55. The summed E-state index contributed by atoms with van der Waals surface area (Å²) in [6, 6.07) is 13.9. The molecule has 1 amide bonds. The number of nitrogens with zero attached hydrogens (tertiary/aromatic N) is 2. The molecule has 0 saturated carbocycles. The van der Waals surface area contributed by atoms with Gasteiger partial charge in [0.15, 0.2) is 0 Å². The van der Waals surface area contributed by atoms with E-state index in [2.05, 4.69) is 41.5 Å². The van der Waals surface area contributed by atoms with E-state index in [0.29, 0.717) is 25.6 Å². The van der Waals surface area contributed by atoms with Crippen LogP contribution in [0.25, 0.3) is 0 Å². The second-order valence-electron chi connectivity index (χ2n) is 6.75. The summed E-state index contributed by atoms with van der Waals surface area (Å²) in [6.45, 7) is 3.84. The maximum atomic E-state index is 12.2. The molecule has 25 heavy (non-hydrogen) atoms. The van der Waals surface area contributed by atoms with Gasteiger partial charge in [-0.05, 0) is 37.6 Å². The molecule has 2 aromatic rings. The highest BCUT2D eigenvalue weighted by Gasteiger charge is 2.23. The Morgan fingerprint density at radius 2 is 1.92 bits per heavy atom. The first kappa shape index (κ1) is 17.4. The smallest absolute Gasteiger partial charge is 0.250 e. The molecule has 1 aromatic heterocycles. The van der Waals surface area contributed by atoms with Crippen molar-refractivity contribution in [3.05, 3.63) is 69.6 Å². The largest absolute Gasteiger partial charge is 0.354 e. The summed E-state index contributed by atoms with van der Waals surface area (Å²) in [5.74, 6) is -0.0117. The van der Waals surface area contributed by atoms with E-state index in [4.69, 9.17) is 0 Å². The quantitative estimate of drug-likeness (QED) is 0.902. The van der Waals surface area contributed by atoms with E-state index < -0.39 is 0 Å². The van der Waals surface area contributed by atoms with Crippen LogP contribution in [0.4, 0.5) is 0 Å². The number of aryl methyl sites for hydroxylation is 1. The van der Waals surface area contributed by atoms with Gasteiger partial charge in [0, 0.05) is 43.9 Å². The summed E-state index contributed by atoms with van der Waals surface area (Å²) in [5, 5.41) is 3.03. The van der Waals surface area contributed by atoms with Crippen LogP contribution < -0.4 is 10.9 Å². The van der Waals surface area contributed by atoms with Gasteiger partial charge in [-0.15, -0.1) is 0 Å². The van der Waals surface area contributed by atoms with Gasteiger partial charge in [0.2, 0.25) is 5.91 Å². The first-order valence-electron chi connectivity index (χ1n) is 8.75. The van der Waals surface area contributed by atoms with Gasteiger partial charge < -0.3 is 9.88 Å². The molecule has 2 heterocycles. The second-order valence-corrected chi connectivity index (χ2v) is 6.75. The van der Waals surface area contributed by atoms with E-state index in [1.54, 1.807) is 10.6 Å². The SMILES string of the molecule is Cc1cccc(=O)n1CCC(=O)NC[C@H]1Cc2ccccc2CN1C. The Morgan fingerprint density at radius 3 is 2.68 bits per heavy atom. The summed E-state index contributed by atoms with van der Waals surface area (Å²) >= 11 is 0. The van der Waals surface area contributed by atoms with Crippen molar-refractivity contribution in [2.24, 2.45) is 0 Å². The molecule has 0 spiro atoms. The fraction of sp³-hybridized carbons (Fsp3) is 0.400. The zero-order valence-electron chi connectivity index (χ0n) is 14.9. The van der Waals surface area contributed by atoms with Gasteiger partial charge in [-0.25, -0.2) is 0 Å². The molecule has 5 heteroatoms. The predicted molar refractivity (Wildman–Crippen MR) is 98.5 cm³/mol. The van der Waals surface area contributed by atoms with E-state index >= 15 is 0 Å². The highest BCUT2D eigenvalue weighted by Crippen LogP contribution is 2.21. The fourth-order valence-corrected chi connectivity index (χ4v) is 3.39. The van der Waals surface area contributed by atoms with Gasteiger partial charge in [0.05, 0.1) is 0 Å². The van der Waals surface area contributed by atoms with Crippen molar-refractivity contribution in [3.8, 4) is 0 Å². The van der Waals surface area contributed by atoms with Gasteiger partial charge in [-0.3, -0.25) is 14.5 Å². The highest BCUT2D eigenvalue weighted by molar-refractivity contribution is 5.75. The van der Waals surface area contributed by atoms with Crippen LogP contribution in [-0.4, -0.2) is 35.0 Å². The van der Waals surface area contributed by atoms with Crippen LogP contribution in [0.1, 0.15) is 23.2 Å². The first-order chi connectivity index (χ1) is 12.0. The third-order valence-corrected chi connectivity index (χ3v) is 4.98. The molecule has 132 valence electrons. The lowest BCUT2D eigenvalue weighted by atomic mass is 9.94. The number of carbonyl (C=O) groups is 1. The zero-order chi connectivity index (χ0) is 17.8. The fourth-order valence-electron chi connectivity index (χ4n) is 3.39. The van der Waals surface area contributed by atoms with Gasteiger partial charge in [0.1, 0.15) is 0 Å². The van der Waals surface area contributed by atoms with E-state index in [1.807, 2.05) is 13.0 Å². The Morgan fingerprint density at radius 1 is 1.16 bits per heavy atom. The lowest BCUT2D eigenvalue weighted by molar-refractivity contribution is -0.121. The monoisotopic (exact) mass is 339 g/mol. The van der Waals surface area contributed by atoms with Crippen LogP contribution in [0.5, 0.6) is 0 Å². The molecule has 0 aliphatic carbocycles. The molecule has 0 unspecified atom stereocenters. The number of carbonyl (C=O) groups excluding carboxylic acids is 1. The van der Waals surface area contributed by atoms with E-state index in [0.717, 1.165) is 18.7 Å². The van der Waals surface area contributed by atoms with E-state index in [-0.39, 0.29) is 11.5 Å². The number of pyridine rings is 1. The number of aromatic nitrogens is 1. The van der Waals surface area contributed by atoms with Gasteiger partial charge >= 0.3 is 0 Å². The number of rotatable bonds is 5. The summed E-state index contributed by atoms with van der Waals surface area (Å²) in [4.78, 5) is 26.3. The number of benzene rings is 1. The van der Waals surface area contributed by atoms with Crippen molar-refractivity contribution in [1.29, 1.82) is 0 Å².